The first-order valence-corrected chi connectivity index (χ1v) is 7.79. The molecule has 0 bridgehead atoms. The molecule has 0 aromatic carbocycles. The SMILES string of the molecule is C=CC(=O)NCCOC(=O)OCCNC(=O)SC1COCOC1. The fourth-order valence-corrected chi connectivity index (χ4v) is 2.25. The first-order chi connectivity index (χ1) is 11.1. The number of thioether (sulfide) groups is 1. The summed E-state index contributed by atoms with van der Waals surface area (Å²) >= 11 is 1.08. The molecule has 0 unspecified atom stereocenters. The molecule has 10 heteroatoms. The fourth-order valence-electron chi connectivity index (χ4n) is 1.44. The maximum atomic E-state index is 11.6. The van der Waals surface area contributed by atoms with Gasteiger partial charge in [0.25, 0.3) is 5.24 Å². The molecule has 1 saturated heterocycles. The molecule has 2 amide bonds. The summed E-state index contributed by atoms with van der Waals surface area (Å²) in [6.07, 6.45) is 0.249. The van der Waals surface area contributed by atoms with E-state index in [2.05, 4.69) is 17.2 Å². The lowest BCUT2D eigenvalue weighted by Crippen LogP contribution is -2.32. The van der Waals surface area contributed by atoms with Gasteiger partial charge in [-0.1, -0.05) is 18.3 Å². The minimum Gasteiger partial charge on any atom is -0.432 e. The summed E-state index contributed by atoms with van der Waals surface area (Å²) in [6, 6.07) is 0. The molecular weight excluding hydrogens is 328 g/mol. The third kappa shape index (κ3) is 9.76. The Morgan fingerprint density at radius 2 is 1.74 bits per heavy atom. The minimum absolute atomic E-state index is 0.0116. The third-order valence-electron chi connectivity index (χ3n) is 2.45. The third-order valence-corrected chi connectivity index (χ3v) is 3.41. The summed E-state index contributed by atoms with van der Waals surface area (Å²) in [4.78, 5) is 33.6. The number of ether oxygens (including phenoxy) is 4. The highest BCUT2D eigenvalue weighted by atomic mass is 32.2. The molecule has 1 rings (SSSR count). The molecule has 9 nitrogen and oxygen atoms in total. The number of amides is 2. The van der Waals surface area contributed by atoms with E-state index in [0.717, 1.165) is 17.8 Å². The number of rotatable bonds is 8. The molecule has 1 fully saturated rings. The number of hydrogen-bond acceptors (Lipinski definition) is 8. The largest absolute Gasteiger partial charge is 0.508 e. The van der Waals surface area contributed by atoms with E-state index in [1.807, 2.05) is 0 Å². The summed E-state index contributed by atoms with van der Waals surface area (Å²) in [5.74, 6) is -0.351. The van der Waals surface area contributed by atoms with Crippen molar-refractivity contribution in [2.75, 3.05) is 46.3 Å². The van der Waals surface area contributed by atoms with Gasteiger partial charge in [0.2, 0.25) is 5.91 Å². The lowest BCUT2D eigenvalue weighted by Gasteiger charge is -2.20. The molecule has 0 atom stereocenters. The van der Waals surface area contributed by atoms with Crippen LogP contribution in [-0.4, -0.2) is 68.9 Å². The Morgan fingerprint density at radius 1 is 1.13 bits per heavy atom. The number of carbonyl (C=O) groups is 3. The summed E-state index contributed by atoms with van der Waals surface area (Å²) < 4.78 is 19.6. The fraction of sp³-hybridized carbons (Fsp3) is 0.615. The van der Waals surface area contributed by atoms with Crippen LogP contribution in [0.25, 0.3) is 0 Å². The predicted molar refractivity (Wildman–Crippen MR) is 82.1 cm³/mol. The van der Waals surface area contributed by atoms with Gasteiger partial charge in [0.1, 0.15) is 20.0 Å². The van der Waals surface area contributed by atoms with Crippen molar-refractivity contribution in [3.63, 3.8) is 0 Å². The highest BCUT2D eigenvalue weighted by molar-refractivity contribution is 8.14. The molecule has 2 N–H and O–H groups in total. The van der Waals surface area contributed by atoms with E-state index in [-0.39, 0.29) is 49.5 Å². The monoisotopic (exact) mass is 348 g/mol. The van der Waals surface area contributed by atoms with Gasteiger partial charge in [-0.05, 0) is 6.08 Å². The summed E-state index contributed by atoms with van der Waals surface area (Å²) in [5.41, 5.74) is 0. The van der Waals surface area contributed by atoms with E-state index in [1.165, 1.54) is 0 Å². The van der Waals surface area contributed by atoms with Gasteiger partial charge >= 0.3 is 6.16 Å². The number of carbonyl (C=O) groups excluding carboxylic acids is 3. The van der Waals surface area contributed by atoms with E-state index in [4.69, 9.17) is 18.9 Å². The normalized spacial score (nSPS) is 14.6. The van der Waals surface area contributed by atoms with Crippen molar-refractivity contribution in [2.45, 2.75) is 5.25 Å². The topological polar surface area (TPSA) is 112 Å². The molecule has 130 valence electrons. The van der Waals surface area contributed by atoms with Crippen molar-refractivity contribution in [3.8, 4) is 0 Å². The van der Waals surface area contributed by atoms with Crippen molar-refractivity contribution < 1.29 is 33.3 Å². The van der Waals surface area contributed by atoms with Crippen molar-refractivity contribution in [1.29, 1.82) is 0 Å². The van der Waals surface area contributed by atoms with Gasteiger partial charge in [0.15, 0.2) is 0 Å². The number of hydrogen-bond donors (Lipinski definition) is 2. The average molecular weight is 348 g/mol. The van der Waals surface area contributed by atoms with Gasteiger partial charge in [-0.2, -0.15) is 0 Å². The lowest BCUT2D eigenvalue weighted by molar-refractivity contribution is -0.116. The van der Waals surface area contributed by atoms with E-state index < -0.39 is 6.16 Å². The molecule has 0 spiro atoms. The molecule has 0 saturated carbocycles. The molecule has 0 aromatic heterocycles. The van der Waals surface area contributed by atoms with Gasteiger partial charge in [-0.15, -0.1) is 0 Å². The quantitative estimate of drug-likeness (QED) is 0.365. The highest BCUT2D eigenvalue weighted by Crippen LogP contribution is 2.15. The van der Waals surface area contributed by atoms with Gasteiger partial charge in [-0.3, -0.25) is 9.59 Å². The number of nitrogens with one attached hydrogen (secondary N) is 2. The van der Waals surface area contributed by atoms with Crippen LogP contribution in [-0.2, 0) is 23.7 Å². The average Bonchev–Trinajstić information content (AvgIpc) is 2.56. The standard InChI is InChI=1S/C13H20N2O7S/c1-2-11(16)14-3-5-21-13(18)22-6-4-15-12(17)23-10-7-19-9-20-8-10/h2,10H,1,3-9H2,(H,14,16)(H,15,17). The van der Waals surface area contributed by atoms with Crippen molar-refractivity contribution in [2.24, 2.45) is 0 Å². The molecular formula is C13H20N2O7S. The van der Waals surface area contributed by atoms with Gasteiger partial charge in [0, 0.05) is 0 Å². The van der Waals surface area contributed by atoms with Crippen molar-refractivity contribution >= 4 is 29.1 Å². The molecule has 0 aliphatic carbocycles. The second kappa shape index (κ2) is 11.7. The van der Waals surface area contributed by atoms with Crippen LogP contribution in [0.2, 0.25) is 0 Å². The van der Waals surface area contributed by atoms with Gasteiger partial charge < -0.3 is 29.6 Å². The maximum Gasteiger partial charge on any atom is 0.508 e. The molecule has 1 aliphatic rings. The molecule has 1 heterocycles. The first-order valence-electron chi connectivity index (χ1n) is 6.91. The van der Waals surface area contributed by atoms with Crippen molar-refractivity contribution in [1.82, 2.24) is 10.6 Å². The molecule has 1 aliphatic heterocycles. The van der Waals surface area contributed by atoms with Crippen LogP contribution in [0.15, 0.2) is 12.7 Å². The zero-order valence-corrected chi connectivity index (χ0v) is 13.4. The van der Waals surface area contributed by atoms with Crippen LogP contribution in [0, 0.1) is 0 Å². The molecule has 23 heavy (non-hydrogen) atoms. The van der Waals surface area contributed by atoms with Gasteiger partial charge in [0.05, 0.1) is 31.6 Å². The smallest absolute Gasteiger partial charge is 0.432 e. The van der Waals surface area contributed by atoms with Crippen LogP contribution in [0.4, 0.5) is 9.59 Å². The Hall–Kier alpha value is -1.78. The second-order valence-electron chi connectivity index (χ2n) is 4.26. The highest BCUT2D eigenvalue weighted by Gasteiger charge is 2.18. The van der Waals surface area contributed by atoms with E-state index >= 15 is 0 Å². The van der Waals surface area contributed by atoms with Crippen LogP contribution < -0.4 is 10.6 Å². The minimum atomic E-state index is -0.867. The van der Waals surface area contributed by atoms with Crippen LogP contribution in [0.1, 0.15) is 0 Å². The van der Waals surface area contributed by atoms with Gasteiger partial charge in [-0.25, -0.2) is 4.79 Å². The molecule has 0 radical (unpaired) electrons. The maximum absolute atomic E-state index is 11.6. The Bertz CT molecular complexity index is 413. The summed E-state index contributed by atoms with van der Waals surface area (Å²) in [7, 11) is 0. The first kappa shape index (κ1) is 19.3. The Labute approximate surface area is 138 Å². The Kier molecular flexibility index (Phi) is 9.84. The Morgan fingerprint density at radius 3 is 2.35 bits per heavy atom. The van der Waals surface area contributed by atoms with Crippen LogP contribution in [0.5, 0.6) is 0 Å². The zero-order valence-electron chi connectivity index (χ0n) is 12.6. The van der Waals surface area contributed by atoms with E-state index in [0.29, 0.717) is 13.2 Å². The second-order valence-corrected chi connectivity index (χ2v) is 5.53. The van der Waals surface area contributed by atoms with Crippen LogP contribution >= 0.6 is 11.8 Å². The van der Waals surface area contributed by atoms with Crippen LogP contribution in [0.3, 0.4) is 0 Å². The summed E-state index contributed by atoms with van der Waals surface area (Å²) in [5, 5.41) is 4.74. The zero-order chi connectivity index (χ0) is 16.9. The summed E-state index contributed by atoms with van der Waals surface area (Å²) in [6.45, 7) is 4.77. The molecule has 0 aromatic rings. The lowest BCUT2D eigenvalue weighted by atomic mass is 10.5. The van der Waals surface area contributed by atoms with E-state index in [1.54, 1.807) is 0 Å². The van der Waals surface area contributed by atoms with Crippen molar-refractivity contribution in [3.05, 3.63) is 12.7 Å². The van der Waals surface area contributed by atoms with E-state index in [9.17, 15) is 14.4 Å². The predicted octanol–water partition coefficient (Wildman–Crippen LogP) is 0.258. The Balaban J connectivity index is 1.96.